The number of hydrogen-bond donors (Lipinski definition) is 2. The molecule has 2 bridgehead atoms. The number of primary amides is 1. The normalized spacial score (nSPS) is 42.8. The second-order valence-electron chi connectivity index (χ2n) is 7.50. The molecule has 4 aliphatic rings. The van der Waals surface area contributed by atoms with Gasteiger partial charge >= 0.3 is 0 Å². The molecular formula is C18H20N2O4. The number of aliphatic hydroxyl groups is 1. The van der Waals surface area contributed by atoms with E-state index in [1.165, 1.54) is 0 Å². The van der Waals surface area contributed by atoms with Crippen molar-refractivity contribution in [3.63, 3.8) is 0 Å². The van der Waals surface area contributed by atoms with Crippen molar-refractivity contribution in [2.24, 2.45) is 29.4 Å². The number of nitrogens with two attached hydrogens (primary N) is 1. The topological polar surface area (TPSA) is 92.9 Å². The Morgan fingerprint density at radius 1 is 1.33 bits per heavy atom. The van der Waals surface area contributed by atoms with Gasteiger partial charge in [-0.25, -0.2) is 0 Å². The molecule has 1 aromatic rings. The van der Waals surface area contributed by atoms with Crippen molar-refractivity contribution in [1.82, 2.24) is 4.90 Å². The van der Waals surface area contributed by atoms with Crippen LogP contribution in [0.15, 0.2) is 30.3 Å². The fraction of sp³-hybridized carbons (Fsp3) is 0.556. The number of nitrogens with zero attached hydrogens (tertiary/aromatic N) is 1. The number of carbonyl (C=O) groups is 2. The number of rotatable bonds is 4. The molecule has 1 aromatic carbocycles. The SMILES string of the molecule is NC(=O)C(Cc1ccccc1)N1C(=O)C2C3CC4C(OC1C42)C3O. The molecule has 126 valence electrons. The molecule has 2 amide bonds. The maximum Gasteiger partial charge on any atom is 0.240 e. The highest BCUT2D eigenvalue weighted by Gasteiger charge is 2.73. The number of likely N-dealkylation sites (tertiary alicyclic amines) is 1. The predicted molar refractivity (Wildman–Crippen MR) is 83.2 cm³/mol. The molecule has 2 heterocycles. The largest absolute Gasteiger partial charge is 0.390 e. The molecule has 0 aromatic heterocycles. The Morgan fingerprint density at radius 3 is 2.79 bits per heavy atom. The Balaban J connectivity index is 1.48. The van der Waals surface area contributed by atoms with E-state index in [1.54, 1.807) is 4.90 Å². The summed E-state index contributed by atoms with van der Waals surface area (Å²) < 4.78 is 6.04. The number of ether oxygens (including phenoxy) is 1. The van der Waals surface area contributed by atoms with E-state index < -0.39 is 24.3 Å². The molecule has 4 fully saturated rings. The van der Waals surface area contributed by atoms with Gasteiger partial charge in [-0.05, 0) is 23.8 Å². The van der Waals surface area contributed by atoms with Crippen LogP contribution in [0, 0.1) is 23.7 Å². The van der Waals surface area contributed by atoms with Gasteiger partial charge in [-0.2, -0.15) is 0 Å². The third kappa shape index (κ3) is 1.67. The van der Waals surface area contributed by atoms with E-state index >= 15 is 0 Å². The molecule has 8 atom stereocenters. The number of fused-ring (bicyclic) bond motifs is 2. The second-order valence-corrected chi connectivity index (χ2v) is 7.50. The highest BCUT2D eigenvalue weighted by molar-refractivity contribution is 5.90. The summed E-state index contributed by atoms with van der Waals surface area (Å²) in [4.78, 5) is 26.7. The van der Waals surface area contributed by atoms with Gasteiger partial charge < -0.3 is 20.5 Å². The van der Waals surface area contributed by atoms with Crippen LogP contribution in [0.4, 0.5) is 0 Å². The molecule has 8 unspecified atom stereocenters. The van der Waals surface area contributed by atoms with Crippen molar-refractivity contribution in [3.8, 4) is 0 Å². The van der Waals surface area contributed by atoms with Crippen LogP contribution in [0.2, 0.25) is 0 Å². The van der Waals surface area contributed by atoms with Gasteiger partial charge in [-0.15, -0.1) is 0 Å². The number of amides is 2. The lowest BCUT2D eigenvalue weighted by atomic mass is 9.80. The first kappa shape index (κ1) is 14.4. The monoisotopic (exact) mass is 328 g/mol. The van der Waals surface area contributed by atoms with Crippen LogP contribution in [-0.4, -0.2) is 46.3 Å². The lowest BCUT2D eigenvalue weighted by molar-refractivity contribution is -0.159. The van der Waals surface area contributed by atoms with E-state index in [4.69, 9.17) is 10.5 Å². The third-order valence-corrected chi connectivity index (χ3v) is 6.49. The van der Waals surface area contributed by atoms with Gasteiger partial charge in [0.2, 0.25) is 11.8 Å². The summed E-state index contributed by atoms with van der Waals surface area (Å²) >= 11 is 0. The smallest absolute Gasteiger partial charge is 0.240 e. The molecule has 2 aliphatic carbocycles. The van der Waals surface area contributed by atoms with Gasteiger partial charge in [0.1, 0.15) is 12.3 Å². The number of aliphatic hydroxyl groups excluding tert-OH is 1. The Kier molecular flexibility index (Phi) is 2.89. The number of hydrogen-bond acceptors (Lipinski definition) is 4. The van der Waals surface area contributed by atoms with Crippen molar-refractivity contribution in [3.05, 3.63) is 35.9 Å². The van der Waals surface area contributed by atoms with Crippen LogP contribution < -0.4 is 5.73 Å². The highest BCUT2D eigenvalue weighted by atomic mass is 16.5. The lowest BCUT2D eigenvalue weighted by Crippen LogP contribution is -2.53. The van der Waals surface area contributed by atoms with Crippen molar-refractivity contribution in [2.75, 3.05) is 0 Å². The Bertz CT molecular complexity index is 708. The van der Waals surface area contributed by atoms with Gasteiger partial charge in [0.05, 0.1) is 18.1 Å². The van der Waals surface area contributed by atoms with E-state index in [0.29, 0.717) is 6.42 Å². The summed E-state index contributed by atoms with van der Waals surface area (Å²) in [5.41, 5.74) is 6.61. The van der Waals surface area contributed by atoms with E-state index in [2.05, 4.69) is 0 Å². The molecule has 6 heteroatoms. The quantitative estimate of drug-likeness (QED) is 0.807. The van der Waals surface area contributed by atoms with Gasteiger partial charge in [0.15, 0.2) is 0 Å². The minimum Gasteiger partial charge on any atom is -0.390 e. The molecule has 2 aliphatic heterocycles. The Labute approximate surface area is 139 Å². The van der Waals surface area contributed by atoms with E-state index in [9.17, 15) is 14.7 Å². The van der Waals surface area contributed by atoms with Crippen molar-refractivity contribution < 1.29 is 19.4 Å². The maximum atomic E-state index is 13.0. The maximum absolute atomic E-state index is 13.0. The van der Waals surface area contributed by atoms with Crippen LogP contribution in [0.5, 0.6) is 0 Å². The van der Waals surface area contributed by atoms with Crippen LogP contribution in [0.25, 0.3) is 0 Å². The number of benzene rings is 1. The molecule has 3 N–H and O–H groups in total. The number of carbonyl (C=O) groups excluding carboxylic acids is 2. The molecule has 6 nitrogen and oxygen atoms in total. The molecule has 0 spiro atoms. The first-order chi connectivity index (χ1) is 11.6. The summed E-state index contributed by atoms with van der Waals surface area (Å²) in [6.45, 7) is 0. The summed E-state index contributed by atoms with van der Waals surface area (Å²) in [5, 5.41) is 10.3. The van der Waals surface area contributed by atoms with Crippen LogP contribution in [0.1, 0.15) is 12.0 Å². The lowest BCUT2D eigenvalue weighted by Gasteiger charge is -2.34. The van der Waals surface area contributed by atoms with Crippen LogP contribution in [0.3, 0.4) is 0 Å². The zero-order valence-electron chi connectivity index (χ0n) is 13.1. The Hall–Kier alpha value is -1.92. The molecule has 2 saturated heterocycles. The van der Waals surface area contributed by atoms with E-state index in [0.717, 1.165) is 12.0 Å². The predicted octanol–water partition coefficient (Wildman–Crippen LogP) is -0.107. The summed E-state index contributed by atoms with van der Waals surface area (Å²) in [7, 11) is 0. The molecule has 2 saturated carbocycles. The first-order valence-corrected chi connectivity index (χ1v) is 8.57. The summed E-state index contributed by atoms with van der Waals surface area (Å²) in [6, 6.07) is 8.87. The van der Waals surface area contributed by atoms with Gasteiger partial charge in [0, 0.05) is 12.3 Å². The van der Waals surface area contributed by atoms with Gasteiger partial charge in [-0.1, -0.05) is 30.3 Å². The molecule has 0 radical (unpaired) electrons. The van der Waals surface area contributed by atoms with Crippen LogP contribution in [-0.2, 0) is 20.7 Å². The fourth-order valence-corrected chi connectivity index (χ4v) is 5.59. The standard InChI is InChI=1S/C18H20N2O4/c19-16(22)11(6-8-4-2-1-3-5-8)20-17(23)12-9-7-10-13(12)18(20)24-15(10)14(9)21/h1-5,9-15,18,21H,6-7H2,(H2,19,22). The second kappa shape index (κ2) is 4.80. The molecule has 5 rings (SSSR count). The summed E-state index contributed by atoms with van der Waals surface area (Å²) in [6.07, 6.45) is 0.0949. The average Bonchev–Trinajstić information content (AvgIpc) is 3.24. The minimum atomic E-state index is -0.703. The first-order valence-electron chi connectivity index (χ1n) is 8.57. The van der Waals surface area contributed by atoms with E-state index in [-0.39, 0.29) is 35.7 Å². The van der Waals surface area contributed by atoms with Gasteiger partial charge in [-0.3, -0.25) is 9.59 Å². The minimum absolute atomic E-state index is 0.0299. The third-order valence-electron chi connectivity index (χ3n) is 6.49. The zero-order chi connectivity index (χ0) is 16.6. The fourth-order valence-electron chi connectivity index (χ4n) is 5.59. The van der Waals surface area contributed by atoms with Crippen molar-refractivity contribution in [1.29, 1.82) is 0 Å². The average molecular weight is 328 g/mol. The Morgan fingerprint density at radius 2 is 2.08 bits per heavy atom. The van der Waals surface area contributed by atoms with Crippen molar-refractivity contribution in [2.45, 2.75) is 37.3 Å². The van der Waals surface area contributed by atoms with Crippen molar-refractivity contribution >= 4 is 11.8 Å². The van der Waals surface area contributed by atoms with Gasteiger partial charge in [0.25, 0.3) is 0 Å². The van der Waals surface area contributed by atoms with Crippen LogP contribution >= 0.6 is 0 Å². The highest BCUT2D eigenvalue weighted by Crippen LogP contribution is 2.63. The summed E-state index contributed by atoms with van der Waals surface area (Å²) in [5.74, 6) is -0.486. The van der Waals surface area contributed by atoms with E-state index in [1.807, 2.05) is 30.3 Å². The molecular weight excluding hydrogens is 308 g/mol. The molecule has 24 heavy (non-hydrogen) atoms. The zero-order valence-corrected chi connectivity index (χ0v) is 13.1.